The first-order valence-corrected chi connectivity index (χ1v) is 15.5. The molecule has 5 rings (SSSR count). The third-order valence-electron chi connectivity index (χ3n) is 8.75. The number of aromatic nitrogens is 1. The van der Waals surface area contributed by atoms with Gasteiger partial charge in [0.05, 0.1) is 32.6 Å². The van der Waals surface area contributed by atoms with Crippen LogP contribution in [0.5, 0.6) is 0 Å². The highest BCUT2D eigenvalue weighted by Crippen LogP contribution is 2.54. The predicted molar refractivity (Wildman–Crippen MR) is 162 cm³/mol. The number of nitrogens with zero attached hydrogens (tertiary/aromatic N) is 1. The van der Waals surface area contributed by atoms with E-state index >= 15 is 0 Å². The second kappa shape index (κ2) is 12.4. The van der Waals surface area contributed by atoms with Crippen molar-refractivity contribution in [3.63, 3.8) is 0 Å². The van der Waals surface area contributed by atoms with Crippen LogP contribution in [0, 0.1) is 11.3 Å². The van der Waals surface area contributed by atoms with E-state index in [1.807, 2.05) is 12.1 Å². The molecule has 0 bridgehead atoms. The Morgan fingerprint density at radius 3 is 2.34 bits per heavy atom. The quantitative estimate of drug-likeness (QED) is 0.305. The highest BCUT2D eigenvalue weighted by atomic mass is 79.9. The minimum atomic E-state index is -1.07. The highest BCUT2D eigenvalue weighted by Gasteiger charge is 2.57. The number of halogens is 3. The summed E-state index contributed by atoms with van der Waals surface area (Å²) in [5.41, 5.74) is 0.794. The van der Waals surface area contributed by atoms with Crippen molar-refractivity contribution in [2.75, 3.05) is 25.5 Å². The van der Waals surface area contributed by atoms with E-state index in [0.717, 1.165) is 69.3 Å². The Morgan fingerprint density at radius 1 is 1.10 bits per heavy atom. The Bertz CT molecular complexity index is 1350. The maximum Gasteiger partial charge on any atom is 0.332 e. The van der Waals surface area contributed by atoms with Crippen molar-refractivity contribution in [2.24, 2.45) is 11.3 Å². The number of allylic oxidation sites excluding steroid dienone is 2. The molecule has 0 unspecified atom stereocenters. The second-order valence-electron chi connectivity index (χ2n) is 11.1. The second-order valence-corrected chi connectivity index (χ2v) is 12.7. The first-order chi connectivity index (χ1) is 19.7. The van der Waals surface area contributed by atoms with Gasteiger partial charge in [-0.3, -0.25) is 14.6 Å². The third kappa shape index (κ3) is 5.66. The van der Waals surface area contributed by atoms with Crippen LogP contribution in [0.3, 0.4) is 0 Å². The fraction of sp³-hybridized carbons (Fsp3) is 0.467. The zero-order valence-electron chi connectivity index (χ0n) is 22.8. The van der Waals surface area contributed by atoms with Crippen molar-refractivity contribution in [3.8, 4) is 0 Å². The molecular formula is C30H33BrCl2N4O4. The molecule has 1 aromatic carbocycles. The van der Waals surface area contributed by atoms with E-state index < -0.39 is 16.9 Å². The lowest BCUT2D eigenvalue weighted by Gasteiger charge is -2.51. The van der Waals surface area contributed by atoms with E-state index in [-0.39, 0.29) is 33.3 Å². The molecule has 1 saturated heterocycles. The van der Waals surface area contributed by atoms with Gasteiger partial charge in [0.2, 0.25) is 0 Å². The summed E-state index contributed by atoms with van der Waals surface area (Å²) in [6.07, 6.45) is 9.31. The molecule has 1 aliphatic heterocycles. The van der Waals surface area contributed by atoms with E-state index in [4.69, 9.17) is 27.9 Å². The smallest absolute Gasteiger partial charge is 0.332 e. The topological polar surface area (TPSA) is 109 Å². The van der Waals surface area contributed by atoms with E-state index in [2.05, 4.69) is 36.9 Å². The van der Waals surface area contributed by atoms with Gasteiger partial charge in [0.25, 0.3) is 5.91 Å². The van der Waals surface area contributed by atoms with Crippen LogP contribution >= 0.6 is 39.1 Å². The van der Waals surface area contributed by atoms with Crippen LogP contribution in [-0.4, -0.2) is 48.4 Å². The molecule has 1 saturated carbocycles. The number of benzene rings is 1. The summed E-state index contributed by atoms with van der Waals surface area (Å²) < 4.78 is 6.00. The molecule has 41 heavy (non-hydrogen) atoms. The molecule has 1 atom stereocenters. The van der Waals surface area contributed by atoms with Crippen LogP contribution in [-0.2, 0) is 20.7 Å². The molecule has 2 fully saturated rings. The molecular weight excluding hydrogens is 631 g/mol. The van der Waals surface area contributed by atoms with Crippen molar-refractivity contribution in [1.29, 1.82) is 0 Å². The average molecular weight is 664 g/mol. The summed E-state index contributed by atoms with van der Waals surface area (Å²) in [6.45, 7) is 1.58. The van der Waals surface area contributed by atoms with Gasteiger partial charge in [-0.15, -0.1) is 0 Å². The minimum Gasteiger partial charge on any atom is -0.467 e. The first-order valence-electron chi connectivity index (χ1n) is 13.9. The zero-order valence-corrected chi connectivity index (χ0v) is 25.9. The number of hydrogen-bond acceptors (Lipinski definition) is 7. The maximum absolute atomic E-state index is 13.8. The summed E-state index contributed by atoms with van der Waals surface area (Å²) in [6, 6.07) is 7.34. The molecule has 3 aliphatic rings. The Hall–Kier alpha value is -2.46. The molecule has 1 spiro atoms. The number of hydrogen-bond donors (Lipinski definition) is 3. The van der Waals surface area contributed by atoms with Gasteiger partial charge in [-0.25, -0.2) is 4.79 Å². The number of Topliss-reactive ketones (excluding diaryl/α,β-unsaturated/α-hetero) is 1. The molecule has 2 aromatic rings. The average Bonchev–Trinajstić information content (AvgIpc) is 3.00. The lowest BCUT2D eigenvalue weighted by atomic mass is 9.61. The molecule has 2 aliphatic carbocycles. The lowest BCUT2D eigenvalue weighted by molar-refractivity contribution is -0.152. The molecule has 0 radical (unpaired) electrons. The summed E-state index contributed by atoms with van der Waals surface area (Å²) in [5.74, 6) is -0.685. The number of amides is 1. The number of rotatable bonds is 8. The van der Waals surface area contributed by atoms with Crippen LogP contribution in [0.2, 0.25) is 10.0 Å². The summed E-state index contributed by atoms with van der Waals surface area (Å²) in [5, 5.41) is 10.2. The summed E-state index contributed by atoms with van der Waals surface area (Å²) in [4.78, 5) is 43.7. The number of esters is 1. The molecule has 1 aromatic heterocycles. The molecule has 1 amide bonds. The molecule has 3 N–H and O–H groups in total. The molecule has 11 heteroatoms. The van der Waals surface area contributed by atoms with Crippen molar-refractivity contribution in [1.82, 2.24) is 15.6 Å². The molecule has 218 valence electrons. The van der Waals surface area contributed by atoms with Crippen LogP contribution in [0.15, 0.2) is 46.8 Å². The van der Waals surface area contributed by atoms with Crippen LogP contribution in [0.1, 0.15) is 60.9 Å². The number of methoxy groups -OCH3 is 1. The van der Waals surface area contributed by atoms with Crippen molar-refractivity contribution in [3.05, 3.63) is 68.0 Å². The summed E-state index contributed by atoms with van der Waals surface area (Å²) in [7, 11) is 1.42. The van der Waals surface area contributed by atoms with Gasteiger partial charge in [-0.1, -0.05) is 54.6 Å². The number of carbonyl (C=O) groups is 3. The molecule has 8 nitrogen and oxygen atoms in total. The van der Waals surface area contributed by atoms with E-state index in [0.29, 0.717) is 16.6 Å². The van der Waals surface area contributed by atoms with Crippen LogP contribution in [0.4, 0.5) is 5.69 Å². The number of anilines is 1. The van der Waals surface area contributed by atoms with Crippen molar-refractivity contribution < 1.29 is 19.1 Å². The monoisotopic (exact) mass is 662 g/mol. The number of pyridine rings is 1. The minimum absolute atomic E-state index is 0.0179. The van der Waals surface area contributed by atoms with Gasteiger partial charge in [-0.05, 0) is 78.3 Å². The lowest BCUT2D eigenvalue weighted by Crippen LogP contribution is -2.65. The number of carbonyl (C=O) groups excluding carboxylic acids is 3. The first kappa shape index (κ1) is 30.0. The fourth-order valence-corrected chi connectivity index (χ4v) is 7.94. The van der Waals surface area contributed by atoms with Crippen molar-refractivity contribution in [2.45, 2.75) is 56.9 Å². The fourth-order valence-electron chi connectivity index (χ4n) is 6.54. The van der Waals surface area contributed by atoms with Gasteiger partial charge in [0.15, 0.2) is 5.78 Å². The van der Waals surface area contributed by atoms with Crippen molar-refractivity contribution >= 4 is 62.5 Å². The van der Waals surface area contributed by atoms with Gasteiger partial charge in [0, 0.05) is 30.2 Å². The Labute approximate surface area is 258 Å². The predicted octanol–water partition coefficient (Wildman–Crippen LogP) is 5.82. The van der Waals surface area contributed by atoms with E-state index in [1.54, 1.807) is 12.1 Å². The van der Waals surface area contributed by atoms with Crippen LogP contribution in [0.25, 0.3) is 0 Å². The Kier molecular flexibility index (Phi) is 9.09. The highest BCUT2D eigenvalue weighted by molar-refractivity contribution is 9.12. The number of ketones is 1. The number of ether oxygens (including phenoxy) is 1. The van der Waals surface area contributed by atoms with Crippen LogP contribution < -0.4 is 16.0 Å². The SMILES string of the molecule is COC(=O)[C@@](Cc1ccc(NC(=O)c2c(Cl)cncc2Cl)cc1)(NC1=C(Br)C(=O)C12CCCCC2)C1CCNCC1. The van der Waals surface area contributed by atoms with Gasteiger partial charge < -0.3 is 20.7 Å². The van der Waals surface area contributed by atoms with Gasteiger partial charge in [0.1, 0.15) is 5.54 Å². The van der Waals surface area contributed by atoms with E-state index in [1.165, 1.54) is 19.5 Å². The standard InChI is InChI=1S/C30H33BrCl2N4O4/c1-41-28(40)30(19-9-13-34-14-10-19,37-25-24(31)26(38)29(25)11-3-2-4-12-29)15-18-5-7-20(8-6-18)36-27(39)23-21(32)16-35-17-22(23)33/h5-8,16-17,19,34,37H,2-4,9-15H2,1H3,(H,36,39)/t30-/m0/s1. The maximum atomic E-state index is 13.8. The largest absolute Gasteiger partial charge is 0.467 e. The normalized spacial score (nSPS) is 20.2. The number of piperidine rings is 1. The molecule has 2 heterocycles. The van der Waals surface area contributed by atoms with Gasteiger partial charge >= 0.3 is 5.97 Å². The summed E-state index contributed by atoms with van der Waals surface area (Å²) >= 11 is 15.8. The zero-order chi connectivity index (χ0) is 29.2. The Morgan fingerprint density at radius 2 is 1.73 bits per heavy atom. The van der Waals surface area contributed by atoms with Gasteiger partial charge in [-0.2, -0.15) is 0 Å². The Balaban J connectivity index is 1.44. The van der Waals surface area contributed by atoms with E-state index in [9.17, 15) is 14.4 Å². The third-order valence-corrected chi connectivity index (χ3v) is 10.1. The number of nitrogens with one attached hydrogen (secondary N) is 3.